The average Bonchev–Trinajstić information content (AvgIpc) is 3.26. The Morgan fingerprint density at radius 1 is 0.700 bits per heavy atom. The molecule has 0 aliphatic rings. The second-order valence-electron chi connectivity index (χ2n) is 11.6. The number of carbonyl (C=O) groups is 4. The molecule has 3 amide bonds. The monoisotopic (exact) mass is 871 g/mol. The van der Waals surface area contributed by atoms with Gasteiger partial charge in [0, 0.05) is 30.6 Å². The van der Waals surface area contributed by atoms with Crippen LogP contribution in [-0.2, 0) is 0 Å². The van der Waals surface area contributed by atoms with Crippen LogP contribution in [0.25, 0.3) is 4.85 Å². The van der Waals surface area contributed by atoms with Crippen LogP contribution in [0.5, 0.6) is 11.5 Å². The molecule has 6 aromatic rings. The van der Waals surface area contributed by atoms with Crippen molar-refractivity contribution in [1.82, 2.24) is 9.97 Å². The lowest BCUT2D eigenvalue weighted by atomic mass is 10.1. The summed E-state index contributed by atoms with van der Waals surface area (Å²) in [5.74, 6) is 0.473. The summed E-state index contributed by atoms with van der Waals surface area (Å²) in [6, 6.07) is 30.3. The number of halogens is 4. The molecule has 5 N–H and O–H groups in total. The SMILES string of the molecule is COc1ccc(N)c(C(=O)Nc2ccc(Cl)cn2)c1.COc1ccc(NC(=O)c2ccc(C#N)cc2)c(C(=O)Nc2ccc(Cl)cn2)c1.F.[2HH].[C-]#[N+]c1ccc(C(=O)Cl)cc1. The molecule has 0 saturated carbocycles. The Bertz CT molecular complexity index is 2540. The lowest BCUT2D eigenvalue weighted by molar-refractivity contribution is 0.101. The van der Waals surface area contributed by atoms with Crippen LogP contribution in [0.4, 0.5) is 33.4 Å². The third-order valence-electron chi connectivity index (χ3n) is 7.66. The Hall–Kier alpha value is -7.56. The number of nitrogens with one attached hydrogen (secondary N) is 3. The smallest absolute Gasteiger partial charge is 0.259 e. The van der Waals surface area contributed by atoms with Gasteiger partial charge in [-0.3, -0.25) is 23.9 Å². The third-order valence-corrected chi connectivity index (χ3v) is 8.33. The number of hydrogen-bond donors (Lipinski definition) is 4. The predicted molar refractivity (Wildman–Crippen MR) is 231 cm³/mol. The Morgan fingerprint density at radius 2 is 1.20 bits per heavy atom. The molecule has 60 heavy (non-hydrogen) atoms. The number of nitrogens with two attached hydrogens (primary N) is 1. The van der Waals surface area contributed by atoms with Gasteiger partial charge in [0.1, 0.15) is 23.1 Å². The van der Waals surface area contributed by atoms with Gasteiger partial charge < -0.3 is 31.2 Å². The quantitative estimate of drug-likeness (QED) is 0.0615. The maximum absolute atomic E-state index is 12.8. The Kier molecular flexibility index (Phi) is 17.9. The number of pyridine rings is 2. The molecule has 2 heterocycles. The van der Waals surface area contributed by atoms with Crippen molar-refractivity contribution in [1.29, 1.82) is 5.26 Å². The summed E-state index contributed by atoms with van der Waals surface area (Å²) in [5.41, 5.74) is 8.68. The standard InChI is InChI=1S/C21H15ClN4O3.C13H12ClN3O2.C8H4ClNO.FH.H2/c1-29-16-7-8-18(25-20(27)14-4-2-13(11-23)3-5-14)17(10-16)21(28)26-19-9-6-15(22)12-24-19;1-19-9-3-4-11(15)10(6-9)13(18)17-12-5-2-8(14)7-16-12;1-10-7-4-2-6(3-5-7)8(9)11;;/h2-10,12H,1H3,(H,25,27)(H,24,26,28);2-7H,15H2,1H3,(H,16,17,18);2-5H;2*1H/i;;;;1+1. The number of amides is 3. The van der Waals surface area contributed by atoms with Gasteiger partial charge in [0.05, 0.1) is 59.3 Å². The maximum Gasteiger partial charge on any atom is 0.259 e. The van der Waals surface area contributed by atoms with E-state index < -0.39 is 17.1 Å². The van der Waals surface area contributed by atoms with Crippen molar-refractivity contribution in [3.05, 3.63) is 171 Å². The summed E-state index contributed by atoms with van der Waals surface area (Å²) in [7, 11) is 3.00. The molecule has 306 valence electrons. The Morgan fingerprint density at radius 3 is 1.67 bits per heavy atom. The second kappa shape index (κ2) is 23.0. The minimum atomic E-state index is -0.499. The van der Waals surface area contributed by atoms with E-state index in [1.807, 2.05) is 6.07 Å². The van der Waals surface area contributed by atoms with Crippen molar-refractivity contribution >= 4 is 86.5 Å². The minimum absolute atomic E-state index is 0. The molecule has 0 radical (unpaired) electrons. The molecular weight excluding hydrogens is 838 g/mol. The van der Waals surface area contributed by atoms with E-state index in [9.17, 15) is 19.2 Å². The van der Waals surface area contributed by atoms with E-state index in [4.69, 9.17) is 61.8 Å². The first-order valence-electron chi connectivity index (χ1n) is 16.8. The first-order chi connectivity index (χ1) is 28.3. The Labute approximate surface area is 359 Å². The van der Waals surface area contributed by atoms with Gasteiger partial charge in [0.2, 0.25) is 0 Å². The molecule has 0 aliphatic heterocycles. The molecule has 0 spiro atoms. The molecule has 4 aromatic carbocycles. The highest BCUT2D eigenvalue weighted by atomic mass is 35.5. The normalized spacial score (nSPS) is 9.58. The Balaban J connectivity index is 0.000000344. The fourth-order valence-corrected chi connectivity index (χ4v) is 4.98. The zero-order valence-corrected chi connectivity index (χ0v) is 33.7. The number of carbonyl (C=O) groups excluding carboxylic acids is 4. The van der Waals surface area contributed by atoms with Crippen LogP contribution in [0.3, 0.4) is 0 Å². The number of aromatic nitrogens is 2. The number of ether oxygens (including phenoxy) is 2. The van der Waals surface area contributed by atoms with Crippen molar-refractivity contribution in [2.24, 2.45) is 0 Å². The zero-order valence-electron chi connectivity index (χ0n) is 31.4. The molecule has 0 saturated heterocycles. The van der Waals surface area contributed by atoms with E-state index in [1.54, 1.807) is 78.9 Å². The molecule has 2 aromatic heterocycles. The number of anilines is 4. The molecular formula is C42H34Cl3FN8O6. The van der Waals surface area contributed by atoms with Crippen molar-refractivity contribution in [3.8, 4) is 17.6 Å². The predicted octanol–water partition coefficient (Wildman–Crippen LogP) is 9.71. The van der Waals surface area contributed by atoms with Crippen LogP contribution in [-0.4, -0.2) is 47.2 Å². The van der Waals surface area contributed by atoms with E-state index >= 15 is 0 Å². The topological polar surface area (TPSA) is 203 Å². The summed E-state index contributed by atoms with van der Waals surface area (Å²) >= 11 is 16.7. The number of nitrogen functional groups attached to an aromatic ring is 1. The summed E-state index contributed by atoms with van der Waals surface area (Å²) in [6.45, 7) is 6.63. The van der Waals surface area contributed by atoms with E-state index in [0.717, 1.165) is 0 Å². The summed E-state index contributed by atoms with van der Waals surface area (Å²) in [5, 5.41) is 17.3. The van der Waals surface area contributed by atoms with E-state index in [-0.39, 0.29) is 17.6 Å². The molecule has 6 rings (SSSR count). The molecule has 18 heteroatoms. The van der Waals surface area contributed by atoms with Crippen LogP contribution in [0.1, 0.15) is 48.4 Å². The summed E-state index contributed by atoms with van der Waals surface area (Å²) < 4.78 is 10.2. The van der Waals surface area contributed by atoms with Crippen LogP contribution in [0, 0.1) is 17.9 Å². The zero-order chi connectivity index (χ0) is 42.9. The molecule has 0 bridgehead atoms. The first kappa shape index (κ1) is 46.8. The lowest BCUT2D eigenvalue weighted by Crippen LogP contribution is -2.19. The minimum Gasteiger partial charge on any atom is -0.497 e. The fraction of sp³-hybridized carbons (Fsp3) is 0.0476. The lowest BCUT2D eigenvalue weighted by Gasteiger charge is -2.13. The highest BCUT2D eigenvalue weighted by Crippen LogP contribution is 2.25. The number of benzene rings is 4. The molecule has 0 unspecified atom stereocenters. The van der Waals surface area contributed by atoms with Crippen LogP contribution in [0.15, 0.2) is 122 Å². The van der Waals surface area contributed by atoms with Crippen molar-refractivity contribution < 1.29 is 34.8 Å². The average molecular weight is 873 g/mol. The number of hydrogen-bond acceptors (Lipinski definition) is 10. The van der Waals surface area contributed by atoms with E-state index in [2.05, 4.69) is 30.8 Å². The molecule has 0 atom stereocenters. The maximum atomic E-state index is 12.8. The number of nitrogens with zero attached hydrogens (tertiary/aromatic N) is 4. The van der Waals surface area contributed by atoms with E-state index in [0.29, 0.717) is 72.5 Å². The van der Waals surface area contributed by atoms with Gasteiger partial charge in [0.25, 0.3) is 23.0 Å². The van der Waals surface area contributed by atoms with Gasteiger partial charge in [-0.1, -0.05) is 47.5 Å². The largest absolute Gasteiger partial charge is 0.497 e. The highest BCUT2D eigenvalue weighted by molar-refractivity contribution is 6.67. The number of nitriles is 1. The fourth-order valence-electron chi connectivity index (χ4n) is 4.63. The van der Waals surface area contributed by atoms with Gasteiger partial charge in [-0.05, 0) is 96.5 Å². The summed E-state index contributed by atoms with van der Waals surface area (Å²) in [4.78, 5) is 59.1. The van der Waals surface area contributed by atoms with Crippen molar-refractivity contribution in [2.75, 3.05) is 35.9 Å². The number of rotatable bonds is 9. The molecule has 0 fully saturated rings. The third kappa shape index (κ3) is 13.8. The molecule has 0 aliphatic carbocycles. The van der Waals surface area contributed by atoms with Crippen molar-refractivity contribution in [2.45, 2.75) is 0 Å². The van der Waals surface area contributed by atoms with Gasteiger partial charge in [-0.25, -0.2) is 14.8 Å². The van der Waals surface area contributed by atoms with Gasteiger partial charge in [0.15, 0.2) is 5.69 Å². The van der Waals surface area contributed by atoms with Gasteiger partial charge in [-0.15, -0.1) is 0 Å². The van der Waals surface area contributed by atoms with Crippen LogP contribution < -0.4 is 31.2 Å². The first-order valence-corrected chi connectivity index (χ1v) is 17.9. The summed E-state index contributed by atoms with van der Waals surface area (Å²) in [6.07, 6.45) is 2.86. The van der Waals surface area contributed by atoms with Gasteiger partial charge in [-0.2, -0.15) is 5.26 Å². The van der Waals surface area contributed by atoms with Gasteiger partial charge >= 0.3 is 0 Å². The highest BCUT2D eigenvalue weighted by Gasteiger charge is 2.17. The second-order valence-corrected chi connectivity index (χ2v) is 12.8. The molecule has 14 nitrogen and oxygen atoms in total. The van der Waals surface area contributed by atoms with E-state index in [1.165, 1.54) is 56.9 Å². The van der Waals surface area contributed by atoms with Crippen LogP contribution >= 0.6 is 34.8 Å². The van der Waals surface area contributed by atoms with Crippen molar-refractivity contribution in [3.63, 3.8) is 0 Å². The van der Waals surface area contributed by atoms with Crippen LogP contribution in [0.2, 0.25) is 10.0 Å². The number of methoxy groups -OCH3 is 2.